The average molecular weight is 461 g/mol. The van der Waals surface area contributed by atoms with Crippen LogP contribution in [0, 0.1) is 12.8 Å². The van der Waals surface area contributed by atoms with Gasteiger partial charge in [0.2, 0.25) is 5.88 Å². The number of hydrogen-bond acceptors (Lipinski definition) is 8. The normalized spacial score (nSPS) is 15.5. The van der Waals surface area contributed by atoms with E-state index in [9.17, 15) is 4.79 Å². The number of methoxy groups -OCH3 is 2. The Morgan fingerprint density at radius 2 is 2.10 bits per heavy atom. The number of carbonyl (C=O) groups excluding carboxylic acids is 1. The standard InChI is InChI=1S/C22H28N4O3S2/c1-14-18-21(29-3)24-17(13-28-2)25-22(18)31-19(14)20(27)23-11-15-6-8-26(9-7-15)12-16-5-4-10-30-16/h4-5,10,15H,6-9,11-13H2,1-3H3,(H,23,27). The van der Waals surface area contributed by atoms with Crippen LogP contribution in [0.25, 0.3) is 10.2 Å². The maximum Gasteiger partial charge on any atom is 0.261 e. The third-order valence-corrected chi connectivity index (χ3v) is 7.74. The maximum atomic E-state index is 12.9. The molecule has 0 atom stereocenters. The van der Waals surface area contributed by atoms with Gasteiger partial charge in [0, 0.05) is 25.1 Å². The number of nitrogens with one attached hydrogen (secondary N) is 1. The number of aryl methyl sites for hydroxylation is 1. The van der Waals surface area contributed by atoms with Crippen molar-refractivity contribution in [3.8, 4) is 5.88 Å². The van der Waals surface area contributed by atoms with Crippen molar-refractivity contribution >= 4 is 38.8 Å². The lowest BCUT2D eigenvalue weighted by Gasteiger charge is -2.31. The highest BCUT2D eigenvalue weighted by molar-refractivity contribution is 7.20. The molecule has 166 valence electrons. The van der Waals surface area contributed by atoms with Gasteiger partial charge in [-0.05, 0) is 55.8 Å². The number of hydrogen-bond donors (Lipinski definition) is 1. The Balaban J connectivity index is 1.37. The first-order valence-corrected chi connectivity index (χ1v) is 12.1. The summed E-state index contributed by atoms with van der Waals surface area (Å²) in [6.45, 7) is 6.13. The van der Waals surface area contributed by atoms with E-state index >= 15 is 0 Å². The van der Waals surface area contributed by atoms with Gasteiger partial charge in [0.05, 0.1) is 17.4 Å². The molecule has 3 aromatic rings. The number of aromatic nitrogens is 2. The lowest BCUT2D eigenvalue weighted by Crippen LogP contribution is -2.38. The van der Waals surface area contributed by atoms with Crippen LogP contribution in [-0.2, 0) is 17.9 Å². The van der Waals surface area contributed by atoms with Crippen molar-refractivity contribution in [3.05, 3.63) is 38.7 Å². The average Bonchev–Trinajstić information content (AvgIpc) is 3.40. The molecule has 1 aliphatic heterocycles. The number of nitrogens with zero attached hydrogens (tertiary/aromatic N) is 3. The molecule has 4 heterocycles. The fourth-order valence-electron chi connectivity index (χ4n) is 3.99. The molecule has 0 radical (unpaired) electrons. The monoisotopic (exact) mass is 460 g/mol. The van der Waals surface area contributed by atoms with Crippen molar-refractivity contribution in [1.82, 2.24) is 20.2 Å². The first-order valence-electron chi connectivity index (χ1n) is 10.4. The molecule has 0 unspecified atom stereocenters. The van der Waals surface area contributed by atoms with Gasteiger partial charge in [-0.2, -0.15) is 4.98 Å². The van der Waals surface area contributed by atoms with Gasteiger partial charge >= 0.3 is 0 Å². The topological polar surface area (TPSA) is 76.6 Å². The summed E-state index contributed by atoms with van der Waals surface area (Å²) < 4.78 is 10.6. The van der Waals surface area contributed by atoms with Gasteiger partial charge in [-0.3, -0.25) is 9.69 Å². The van der Waals surface area contributed by atoms with Crippen LogP contribution in [0.1, 0.15) is 38.8 Å². The number of ether oxygens (including phenoxy) is 2. The van der Waals surface area contributed by atoms with E-state index in [4.69, 9.17) is 9.47 Å². The highest BCUT2D eigenvalue weighted by Crippen LogP contribution is 2.35. The lowest BCUT2D eigenvalue weighted by molar-refractivity contribution is 0.0939. The van der Waals surface area contributed by atoms with E-state index < -0.39 is 0 Å². The summed E-state index contributed by atoms with van der Waals surface area (Å²) in [6, 6.07) is 4.31. The van der Waals surface area contributed by atoms with Gasteiger partial charge in [0.25, 0.3) is 5.91 Å². The van der Waals surface area contributed by atoms with Crippen LogP contribution in [0.4, 0.5) is 0 Å². The SMILES string of the molecule is COCc1nc(OC)c2c(C)c(C(=O)NCC3CCN(Cc4cccs4)CC3)sc2n1. The van der Waals surface area contributed by atoms with Crippen LogP contribution in [0.2, 0.25) is 0 Å². The molecule has 7 nitrogen and oxygen atoms in total. The Hall–Kier alpha value is -2.07. The van der Waals surface area contributed by atoms with Crippen molar-refractivity contribution < 1.29 is 14.3 Å². The van der Waals surface area contributed by atoms with Crippen molar-refractivity contribution in [3.63, 3.8) is 0 Å². The van der Waals surface area contributed by atoms with Gasteiger partial charge < -0.3 is 14.8 Å². The number of piperidine rings is 1. The van der Waals surface area contributed by atoms with Gasteiger partial charge in [-0.15, -0.1) is 22.7 Å². The smallest absolute Gasteiger partial charge is 0.261 e. The van der Waals surface area contributed by atoms with Crippen LogP contribution in [-0.4, -0.2) is 54.6 Å². The minimum Gasteiger partial charge on any atom is -0.480 e. The van der Waals surface area contributed by atoms with Crippen LogP contribution in [0.5, 0.6) is 5.88 Å². The van der Waals surface area contributed by atoms with Crippen LogP contribution in [0.3, 0.4) is 0 Å². The third kappa shape index (κ3) is 5.06. The lowest BCUT2D eigenvalue weighted by atomic mass is 9.96. The molecule has 1 amide bonds. The fraction of sp³-hybridized carbons (Fsp3) is 0.500. The van der Waals surface area contributed by atoms with Crippen molar-refractivity contribution in [2.75, 3.05) is 33.9 Å². The minimum absolute atomic E-state index is 0.0446. The molecule has 0 saturated carbocycles. The highest BCUT2D eigenvalue weighted by Gasteiger charge is 2.23. The second-order valence-electron chi connectivity index (χ2n) is 7.83. The number of amides is 1. The molecule has 0 aromatic carbocycles. The Morgan fingerprint density at radius 1 is 1.29 bits per heavy atom. The predicted molar refractivity (Wildman–Crippen MR) is 124 cm³/mol. The Morgan fingerprint density at radius 3 is 2.77 bits per heavy atom. The zero-order valence-electron chi connectivity index (χ0n) is 18.1. The number of carbonyl (C=O) groups is 1. The van der Waals surface area contributed by atoms with Crippen LogP contribution < -0.4 is 10.1 Å². The Bertz CT molecular complexity index is 1030. The van der Waals surface area contributed by atoms with Gasteiger partial charge in [-0.25, -0.2) is 4.98 Å². The van der Waals surface area contributed by atoms with E-state index in [-0.39, 0.29) is 5.91 Å². The second-order valence-corrected chi connectivity index (χ2v) is 9.86. The largest absolute Gasteiger partial charge is 0.480 e. The minimum atomic E-state index is -0.0446. The number of fused-ring (bicyclic) bond motifs is 1. The molecule has 3 aromatic heterocycles. The number of rotatable bonds is 8. The third-order valence-electron chi connectivity index (χ3n) is 5.69. The van der Waals surface area contributed by atoms with E-state index in [0.717, 1.165) is 48.3 Å². The number of thiophene rings is 2. The molecule has 0 spiro atoms. The van der Waals surface area contributed by atoms with E-state index in [2.05, 4.69) is 37.7 Å². The van der Waals surface area contributed by atoms with Crippen LogP contribution >= 0.6 is 22.7 Å². The summed E-state index contributed by atoms with van der Waals surface area (Å²) in [5.41, 5.74) is 0.865. The zero-order chi connectivity index (χ0) is 21.8. The molecule has 1 saturated heterocycles. The van der Waals surface area contributed by atoms with E-state index in [1.807, 2.05) is 18.3 Å². The van der Waals surface area contributed by atoms with E-state index in [1.165, 1.54) is 16.2 Å². The quantitative estimate of drug-likeness (QED) is 0.550. The van der Waals surface area contributed by atoms with Gasteiger partial charge in [-0.1, -0.05) is 6.07 Å². The summed E-state index contributed by atoms with van der Waals surface area (Å²) in [7, 11) is 3.19. The molecule has 1 aliphatic rings. The second kappa shape index (κ2) is 10.0. The summed E-state index contributed by atoms with van der Waals surface area (Å²) in [4.78, 5) is 27.2. The van der Waals surface area contributed by atoms with Crippen molar-refractivity contribution in [2.24, 2.45) is 5.92 Å². The molecule has 9 heteroatoms. The van der Waals surface area contributed by atoms with Crippen LogP contribution in [0.15, 0.2) is 17.5 Å². The molecular weight excluding hydrogens is 432 g/mol. The van der Waals surface area contributed by atoms with Crippen molar-refractivity contribution in [1.29, 1.82) is 0 Å². The summed E-state index contributed by atoms with van der Waals surface area (Å²) in [6.07, 6.45) is 2.22. The first kappa shape index (κ1) is 22.1. The molecule has 0 bridgehead atoms. The fourth-order valence-corrected chi connectivity index (χ4v) is 5.84. The first-order chi connectivity index (χ1) is 15.1. The molecule has 4 rings (SSSR count). The van der Waals surface area contributed by atoms with Gasteiger partial charge in [0.15, 0.2) is 5.82 Å². The molecular formula is C22H28N4O3S2. The van der Waals surface area contributed by atoms with E-state index in [1.54, 1.807) is 14.2 Å². The number of likely N-dealkylation sites (tertiary alicyclic amines) is 1. The zero-order valence-corrected chi connectivity index (χ0v) is 19.8. The molecule has 1 fully saturated rings. The maximum absolute atomic E-state index is 12.9. The Kier molecular flexibility index (Phi) is 7.16. The molecule has 31 heavy (non-hydrogen) atoms. The summed E-state index contributed by atoms with van der Waals surface area (Å²) in [5, 5.41) is 6.09. The Labute approximate surface area is 190 Å². The highest BCUT2D eigenvalue weighted by atomic mass is 32.1. The van der Waals surface area contributed by atoms with Crippen molar-refractivity contribution in [2.45, 2.75) is 32.9 Å². The summed E-state index contributed by atoms with van der Waals surface area (Å²) >= 11 is 3.20. The summed E-state index contributed by atoms with van der Waals surface area (Å²) in [5.74, 6) is 1.51. The van der Waals surface area contributed by atoms with E-state index in [0.29, 0.717) is 35.7 Å². The van der Waals surface area contributed by atoms with Gasteiger partial charge in [0.1, 0.15) is 11.4 Å². The molecule has 1 N–H and O–H groups in total. The predicted octanol–water partition coefficient (Wildman–Crippen LogP) is 3.86. The molecule has 0 aliphatic carbocycles.